The molecule has 0 saturated carbocycles. The average Bonchev–Trinajstić information content (AvgIpc) is 1.85. The van der Waals surface area contributed by atoms with Gasteiger partial charge in [-0.25, -0.2) is 4.99 Å². The van der Waals surface area contributed by atoms with E-state index in [4.69, 9.17) is 11.6 Å². The number of hydrogen-bond acceptors (Lipinski definition) is 1. The third kappa shape index (κ3) is 4.33. The molecule has 0 saturated heterocycles. The van der Waals surface area contributed by atoms with Crippen molar-refractivity contribution < 1.29 is 13.2 Å². The minimum absolute atomic E-state index is 0.538. The summed E-state index contributed by atoms with van der Waals surface area (Å²) in [6, 6.07) is 0. The standard InChI is InChI=1S/C6H8ClF3N2/c1-4(7)3-12-5(11-2)6(8,9)10/h3-4H,1-2H3/t4-/m1/s1. The highest BCUT2D eigenvalue weighted by atomic mass is 35.5. The fourth-order valence-corrected chi connectivity index (χ4v) is 0.487. The second-order valence-corrected chi connectivity index (χ2v) is 2.69. The maximum atomic E-state index is 11.9. The molecule has 0 aliphatic carbocycles. The van der Waals surface area contributed by atoms with Gasteiger partial charge in [-0.15, -0.1) is 11.6 Å². The Morgan fingerprint density at radius 3 is 2.25 bits per heavy atom. The lowest BCUT2D eigenvalue weighted by Crippen LogP contribution is -2.21. The first-order valence-electron chi connectivity index (χ1n) is 3.10. The van der Waals surface area contributed by atoms with E-state index in [0.717, 1.165) is 13.3 Å². The maximum absolute atomic E-state index is 11.9. The van der Waals surface area contributed by atoms with E-state index >= 15 is 0 Å². The van der Waals surface area contributed by atoms with Crippen LogP contribution >= 0.6 is 11.6 Å². The average molecular weight is 201 g/mol. The predicted octanol–water partition coefficient (Wildman–Crippen LogP) is 2.28. The maximum Gasteiger partial charge on any atom is 0.451 e. The van der Waals surface area contributed by atoms with Gasteiger partial charge in [-0.05, 0) is 6.92 Å². The highest BCUT2D eigenvalue weighted by Crippen LogP contribution is 2.17. The first-order chi connectivity index (χ1) is 5.38. The zero-order valence-corrected chi connectivity index (χ0v) is 7.32. The topological polar surface area (TPSA) is 24.7 Å². The van der Waals surface area contributed by atoms with Crippen molar-refractivity contribution >= 4 is 23.7 Å². The van der Waals surface area contributed by atoms with E-state index in [1.807, 2.05) is 0 Å². The Labute approximate surface area is 73.2 Å². The molecule has 0 aliphatic rings. The quantitative estimate of drug-likeness (QED) is 0.353. The summed E-state index contributed by atoms with van der Waals surface area (Å²) in [6.45, 7) is 1.51. The molecule has 0 amide bonds. The van der Waals surface area contributed by atoms with Gasteiger partial charge >= 0.3 is 6.18 Å². The molecular formula is C6H8ClF3N2. The van der Waals surface area contributed by atoms with Crippen LogP contribution in [0.15, 0.2) is 9.98 Å². The second kappa shape index (κ2) is 4.45. The van der Waals surface area contributed by atoms with Crippen molar-refractivity contribution in [2.24, 2.45) is 9.98 Å². The van der Waals surface area contributed by atoms with Crippen LogP contribution < -0.4 is 0 Å². The minimum atomic E-state index is -4.50. The molecule has 0 aliphatic heterocycles. The number of nitrogens with zero attached hydrogens (tertiary/aromatic N) is 2. The predicted molar refractivity (Wildman–Crippen MR) is 43.2 cm³/mol. The molecule has 1 atom stereocenters. The molecule has 6 heteroatoms. The van der Waals surface area contributed by atoms with E-state index in [1.165, 1.54) is 6.92 Å². The summed E-state index contributed by atoms with van der Waals surface area (Å²) in [5.41, 5.74) is 0. The van der Waals surface area contributed by atoms with Gasteiger partial charge in [0.2, 0.25) is 5.84 Å². The van der Waals surface area contributed by atoms with Crippen LogP contribution in [-0.4, -0.2) is 30.7 Å². The largest absolute Gasteiger partial charge is 0.451 e. The Bertz CT molecular complexity index is 195. The van der Waals surface area contributed by atoms with Crippen molar-refractivity contribution in [2.75, 3.05) is 7.05 Å². The lowest BCUT2D eigenvalue weighted by molar-refractivity contribution is -0.0597. The van der Waals surface area contributed by atoms with Crippen LogP contribution in [0.3, 0.4) is 0 Å². The van der Waals surface area contributed by atoms with Crippen molar-refractivity contribution in [3.63, 3.8) is 0 Å². The van der Waals surface area contributed by atoms with Crippen LogP contribution in [0.25, 0.3) is 0 Å². The molecule has 0 heterocycles. The van der Waals surface area contributed by atoms with Gasteiger partial charge in [-0.2, -0.15) is 13.2 Å². The number of amidine groups is 1. The van der Waals surface area contributed by atoms with Crippen molar-refractivity contribution in [2.45, 2.75) is 18.5 Å². The Morgan fingerprint density at radius 1 is 1.50 bits per heavy atom. The molecule has 0 aromatic carbocycles. The molecule has 0 unspecified atom stereocenters. The Kier molecular flexibility index (Phi) is 4.23. The molecule has 0 fully saturated rings. The van der Waals surface area contributed by atoms with Gasteiger partial charge in [-0.3, -0.25) is 4.99 Å². The number of aliphatic imine (C=N–C) groups is 2. The van der Waals surface area contributed by atoms with Crippen molar-refractivity contribution in [1.29, 1.82) is 0 Å². The van der Waals surface area contributed by atoms with E-state index in [2.05, 4.69) is 9.98 Å². The summed E-state index contributed by atoms with van der Waals surface area (Å²) in [4.78, 5) is 6.05. The number of rotatable bonds is 1. The number of alkyl halides is 4. The monoisotopic (exact) mass is 200 g/mol. The third-order valence-corrected chi connectivity index (χ3v) is 0.980. The highest BCUT2D eigenvalue weighted by Gasteiger charge is 2.35. The van der Waals surface area contributed by atoms with Crippen LogP contribution in [0.2, 0.25) is 0 Å². The molecule has 0 aromatic heterocycles. The summed E-state index contributed by atoms with van der Waals surface area (Å²) in [5, 5.41) is -0.538. The molecule has 0 rings (SSSR count). The minimum Gasteiger partial charge on any atom is -0.266 e. The zero-order chi connectivity index (χ0) is 9.78. The van der Waals surface area contributed by atoms with Gasteiger partial charge in [0.1, 0.15) is 0 Å². The summed E-state index contributed by atoms with van der Waals surface area (Å²) in [5.74, 6) is -1.17. The highest BCUT2D eigenvalue weighted by molar-refractivity contribution is 6.28. The Hall–Kier alpha value is -0.580. The van der Waals surface area contributed by atoms with Crippen LogP contribution in [0.4, 0.5) is 13.2 Å². The van der Waals surface area contributed by atoms with Crippen LogP contribution in [0.1, 0.15) is 6.92 Å². The van der Waals surface area contributed by atoms with E-state index in [9.17, 15) is 13.2 Å². The molecule has 0 N–H and O–H groups in total. The van der Waals surface area contributed by atoms with Gasteiger partial charge in [0.25, 0.3) is 0 Å². The first-order valence-corrected chi connectivity index (χ1v) is 3.53. The molecule has 0 bridgehead atoms. The summed E-state index contributed by atoms with van der Waals surface area (Å²) < 4.78 is 35.6. The van der Waals surface area contributed by atoms with Crippen LogP contribution in [-0.2, 0) is 0 Å². The second-order valence-electron chi connectivity index (χ2n) is 2.00. The lowest BCUT2D eigenvalue weighted by atomic mass is 10.5. The van der Waals surface area contributed by atoms with Gasteiger partial charge < -0.3 is 0 Å². The third-order valence-electron chi connectivity index (χ3n) is 0.868. The molecule has 2 nitrogen and oxygen atoms in total. The SMILES string of the molecule is CN=C(N=C[C@@H](C)Cl)C(F)(F)F. The summed E-state index contributed by atoms with van der Waals surface area (Å²) in [7, 11) is 1.03. The van der Waals surface area contributed by atoms with E-state index < -0.39 is 17.4 Å². The molecule has 0 radical (unpaired) electrons. The van der Waals surface area contributed by atoms with Crippen LogP contribution in [0.5, 0.6) is 0 Å². The van der Waals surface area contributed by atoms with Crippen molar-refractivity contribution in [1.82, 2.24) is 0 Å². The van der Waals surface area contributed by atoms with Crippen molar-refractivity contribution in [3.05, 3.63) is 0 Å². The van der Waals surface area contributed by atoms with Gasteiger partial charge in [0, 0.05) is 13.3 Å². The Morgan fingerprint density at radius 2 is 2.00 bits per heavy atom. The Balaban J connectivity index is 4.42. The number of hydrogen-bond donors (Lipinski definition) is 0. The molecule has 12 heavy (non-hydrogen) atoms. The smallest absolute Gasteiger partial charge is 0.266 e. The van der Waals surface area contributed by atoms with Crippen molar-refractivity contribution in [3.8, 4) is 0 Å². The molecule has 0 aromatic rings. The van der Waals surface area contributed by atoms with Gasteiger partial charge in [-0.1, -0.05) is 0 Å². The molecular weight excluding hydrogens is 193 g/mol. The number of halogens is 4. The summed E-state index contributed by atoms with van der Waals surface area (Å²) in [6.07, 6.45) is -3.52. The molecule has 0 spiro atoms. The van der Waals surface area contributed by atoms with E-state index in [0.29, 0.717) is 0 Å². The van der Waals surface area contributed by atoms with Gasteiger partial charge in [0.15, 0.2) is 0 Å². The first kappa shape index (κ1) is 11.4. The fraction of sp³-hybridized carbons (Fsp3) is 0.667. The lowest BCUT2D eigenvalue weighted by Gasteiger charge is -2.03. The summed E-state index contributed by atoms with van der Waals surface area (Å²) >= 11 is 5.36. The zero-order valence-electron chi connectivity index (χ0n) is 6.56. The van der Waals surface area contributed by atoms with E-state index in [-0.39, 0.29) is 0 Å². The fourth-order valence-electron chi connectivity index (χ4n) is 0.431. The van der Waals surface area contributed by atoms with E-state index in [1.54, 1.807) is 0 Å². The molecule has 70 valence electrons. The normalized spacial score (nSPS) is 17.0. The van der Waals surface area contributed by atoms with Crippen LogP contribution in [0, 0.1) is 0 Å². The van der Waals surface area contributed by atoms with Gasteiger partial charge in [0.05, 0.1) is 5.38 Å².